The predicted octanol–water partition coefficient (Wildman–Crippen LogP) is 1.34. The highest BCUT2D eigenvalue weighted by Crippen LogP contribution is 2.25. The van der Waals surface area contributed by atoms with Gasteiger partial charge in [-0.25, -0.2) is 0 Å². The molecule has 0 spiro atoms. The number of hydrogen-bond donors (Lipinski definition) is 1. The van der Waals surface area contributed by atoms with E-state index in [4.69, 9.17) is 0 Å². The molecule has 2 fully saturated rings. The summed E-state index contributed by atoms with van der Waals surface area (Å²) in [6, 6.07) is 0.511. The molecule has 0 saturated carbocycles. The number of carbonyl (C=O) groups excluding carboxylic acids is 1. The van der Waals surface area contributed by atoms with Gasteiger partial charge < -0.3 is 10.2 Å². The molecule has 2 aliphatic heterocycles. The van der Waals surface area contributed by atoms with Crippen molar-refractivity contribution < 1.29 is 4.79 Å². The van der Waals surface area contributed by atoms with Crippen molar-refractivity contribution in [2.24, 2.45) is 5.92 Å². The Balaban J connectivity index is 1.93. The van der Waals surface area contributed by atoms with Crippen molar-refractivity contribution >= 4 is 17.7 Å². The van der Waals surface area contributed by atoms with E-state index in [9.17, 15) is 4.79 Å². The molecule has 2 aliphatic rings. The molecule has 4 heteroatoms. The van der Waals surface area contributed by atoms with Crippen LogP contribution in [0.4, 0.5) is 0 Å². The molecule has 0 aromatic heterocycles. The van der Waals surface area contributed by atoms with Gasteiger partial charge in [0.25, 0.3) is 0 Å². The van der Waals surface area contributed by atoms with E-state index in [0.717, 1.165) is 38.2 Å². The molecule has 0 aromatic carbocycles. The summed E-state index contributed by atoms with van der Waals surface area (Å²) in [4.78, 5) is 14.5. The Hall–Kier alpha value is -0.220. The first-order valence-corrected chi connectivity index (χ1v) is 7.57. The summed E-state index contributed by atoms with van der Waals surface area (Å²) < 4.78 is 0. The van der Waals surface area contributed by atoms with E-state index in [-0.39, 0.29) is 5.92 Å². The molecule has 0 unspecified atom stereocenters. The number of carbonyl (C=O) groups is 1. The van der Waals surface area contributed by atoms with Gasteiger partial charge in [0.2, 0.25) is 5.91 Å². The van der Waals surface area contributed by atoms with Crippen LogP contribution in [0.2, 0.25) is 0 Å². The first-order valence-electron chi connectivity index (χ1n) is 6.42. The fourth-order valence-corrected chi connectivity index (χ4v) is 3.89. The molecule has 92 valence electrons. The van der Waals surface area contributed by atoms with Gasteiger partial charge in [0.1, 0.15) is 0 Å². The Morgan fingerprint density at radius 1 is 1.38 bits per heavy atom. The number of hydrogen-bond acceptors (Lipinski definition) is 3. The van der Waals surface area contributed by atoms with Gasteiger partial charge in [0.15, 0.2) is 0 Å². The van der Waals surface area contributed by atoms with Gasteiger partial charge in [-0.2, -0.15) is 11.8 Å². The smallest absolute Gasteiger partial charge is 0.226 e. The Bertz CT molecular complexity index is 235. The van der Waals surface area contributed by atoms with Crippen LogP contribution in [0.3, 0.4) is 0 Å². The fourth-order valence-electron chi connectivity index (χ4n) is 2.67. The maximum atomic E-state index is 12.4. The topological polar surface area (TPSA) is 32.3 Å². The molecule has 1 amide bonds. The molecule has 3 nitrogen and oxygen atoms in total. The van der Waals surface area contributed by atoms with E-state index in [0.29, 0.717) is 11.9 Å². The van der Waals surface area contributed by atoms with Crippen LogP contribution in [0.1, 0.15) is 26.2 Å². The summed E-state index contributed by atoms with van der Waals surface area (Å²) in [7, 11) is 0. The zero-order valence-corrected chi connectivity index (χ0v) is 10.9. The van der Waals surface area contributed by atoms with Gasteiger partial charge >= 0.3 is 0 Å². The molecule has 2 rings (SSSR count). The van der Waals surface area contributed by atoms with Crippen LogP contribution in [-0.2, 0) is 4.79 Å². The van der Waals surface area contributed by atoms with Gasteiger partial charge in [0, 0.05) is 24.3 Å². The van der Waals surface area contributed by atoms with Gasteiger partial charge in [-0.15, -0.1) is 0 Å². The van der Waals surface area contributed by atoms with Crippen LogP contribution in [0.15, 0.2) is 0 Å². The zero-order valence-electron chi connectivity index (χ0n) is 10.1. The predicted molar refractivity (Wildman–Crippen MR) is 68.7 cm³/mol. The van der Waals surface area contributed by atoms with Crippen molar-refractivity contribution in [2.45, 2.75) is 32.2 Å². The van der Waals surface area contributed by atoms with Crippen LogP contribution in [0.5, 0.6) is 0 Å². The largest absolute Gasteiger partial charge is 0.339 e. The van der Waals surface area contributed by atoms with Crippen LogP contribution in [0, 0.1) is 5.92 Å². The van der Waals surface area contributed by atoms with Crippen molar-refractivity contribution in [1.29, 1.82) is 0 Å². The first kappa shape index (κ1) is 12.2. The average molecular weight is 242 g/mol. The Labute approximate surface area is 102 Å². The van der Waals surface area contributed by atoms with E-state index >= 15 is 0 Å². The van der Waals surface area contributed by atoms with Crippen LogP contribution in [-0.4, -0.2) is 48.0 Å². The van der Waals surface area contributed by atoms with Gasteiger partial charge in [0.05, 0.1) is 0 Å². The number of thioether (sulfide) groups is 1. The number of amides is 1. The summed E-state index contributed by atoms with van der Waals surface area (Å²) in [6.45, 7) is 5.01. The van der Waals surface area contributed by atoms with Crippen LogP contribution >= 0.6 is 11.8 Å². The lowest BCUT2D eigenvalue weighted by molar-refractivity contribution is -0.138. The highest BCUT2D eigenvalue weighted by Gasteiger charge is 2.31. The summed E-state index contributed by atoms with van der Waals surface area (Å²) in [5.74, 6) is 3.06. The van der Waals surface area contributed by atoms with Gasteiger partial charge in [-0.3, -0.25) is 4.79 Å². The summed E-state index contributed by atoms with van der Waals surface area (Å²) in [5, 5.41) is 3.32. The van der Waals surface area contributed by atoms with Gasteiger partial charge in [-0.1, -0.05) is 0 Å². The Morgan fingerprint density at radius 2 is 2.12 bits per heavy atom. The zero-order chi connectivity index (χ0) is 11.4. The third-order valence-corrected chi connectivity index (χ3v) is 4.80. The van der Waals surface area contributed by atoms with Crippen LogP contribution in [0.25, 0.3) is 0 Å². The maximum Gasteiger partial charge on any atom is 0.226 e. The van der Waals surface area contributed by atoms with E-state index in [1.54, 1.807) is 0 Å². The second kappa shape index (κ2) is 5.92. The molecule has 0 aliphatic carbocycles. The molecule has 0 radical (unpaired) electrons. The van der Waals surface area contributed by atoms with Crippen LogP contribution < -0.4 is 5.32 Å². The first-order chi connectivity index (χ1) is 7.83. The summed E-state index contributed by atoms with van der Waals surface area (Å²) >= 11 is 1.98. The number of piperidine rings is 1. The second-order valence-corrected chi connectivity index (χ2v) is 5.82. The highest BCUT2D eigenvalue weighted by molar-refractivity contribution is 7.99. The van der Waals surface area contributed by atoms with E-state index in [1.807, 2.05) is 11.8 Å². The van der Waals surface area contributed by atoms with Crippen molar-refractivity contribution in [3.63, 3.8) is 0 Å². The van der Waals surface area contributed by atoms with E-state index in [2.05, 4.69) is 17.1 Å². The van der Waals surface area contributed by atoms with Gasteiger partial charge in [-0.05, 0) is 45.0 Å². The number of nitrogens with one attached hydrogen (secondary N) is 1. The molecular formula is C12H22N2OS. The number of nitrogens with zero attached hydrogens (tertiary/aromatic N) is 1. The SMILES string of the molecule is CCN(C(=O)C1CCNCC1)[C@@H]1CCSC1. The minimum absolute atomic E-state index is 0.284. The third kappa shape index (κ3) is 2.72. The molecule has 2 heterocycles. The molecule has 0 bridgehead atoms. The Kier molecular flexibility index (Phi) is 4.53. The quantitative estimate of drug-likeness (QED) is 0.810. The maximum absolute atomic E-state index is 12.4. The van der Waals surface area contributed by atoms with Crippen molar-refractivity contribution in [2.75, 3.05) is 31.1 Å². The molecule has 2 saturated heterocycles. The van der Waals surface area contributed by atoms with E-state index in [1.165, 1.54) is 12.2 Å². The summed E-state index contributed by atoms with van der Waals surface area (Å²) in [5.41, 5.74) is 0. The minimum Gasteiger partial charge on any atom is -0.339 e. The lowest BCUT2D eigenvalue weighted by Crippen LogP contribution is -2.46. The van der Waals surface area contributed by atoms with Crippen molar-refractivity contribution in [3.05, 3.63) is 0 Å². The number of rotatable bonds is 3. The van der Waals surface area contributed by atoms with E-state index < -0.39 is 0 Å². The average Bonchev–Trinajstić information content (AvgIpc) is 2.85. The Morgan fingerprint density at radius 3 is 2.69 bits per heavy atom. The molecule has 1 N–H and O–H groups in total. The summed E-state index contributed by atoms with van der Waals surface area (Å²) in [6.07, 6.45) is 3.24. The lowest BCUT2D eigenvalue weighted by Gasteiger charge is -2.32. The second-order valence-electron chi connectivity index (χ2n) is 4.67. The molecular weight excluding hydrogens is 220 g/mol. The fraction of sp³-hybridized carbons (Fsp3) is 0.917. The molecule has 1 atom stereocenters. The van der Waals surface area contributed by atoms with Crippen molar-refractivity contribution in [1.82, 2.24) is 10.2 Å². The highest BCUT2D eigenvalue weighted by atomic mass is 32.2. The lowest BCUT2D eigenvalue weighted by atomic mass is 9.96. The molecule has 16 heavy (non-hydrogen) atoms. The van der Waals surface area contributed by atoms with Crippen molar-refractivity contribution in [3.8, 4) is 0 Å². The monoisotopic (exact) mass is 242 g/mol. The standard InChI is InChI=1S/C12H22N2OS/c1-2-14(11-5-8-16-9-11)12(15)10-3-6-13-7-4-10/h10-11,13H,2-9H2,1H3/t11-/m1/s1. The third-order valence-electron chi connectivity index (χ3n) is 3.66. The minimum atomic E-state index is 0.284. The molecule has 0 aromatic rings. The normalized spacial score (nSPS) is 26.9.